The lowest BCUT2D eigenvalue weighted by molar-refractivity contribution is 0.448. The monoisotopic (exact) mass is 232 g/mol. The fourth-order valence-corrected chi connectivity index (χ4v) is 1.44. The minimum absolute atomic E-state index is 0.248. The average molecular weight is 232 g/mol. The third-order valence-electron chi connectivity index (χ3n) is 2.25. The van der Waals surface area contributed by atoms with Gasteiger partial charge in [0, 0.05) is 5.56 Å². The smallest absolute Gasteiger partial charge is 0.432 e. The molecule has 17 heavy (non-hydrogen) atoms. The summed E-state index contributed by atoms with van der Waals surface area (Å²) in [6, 6.07) is 12.0. The van der Waals surface area contributed by atoms with Gasteiger partial charge in [-0.25, -0.2) is 4.39 Å². The van der Waals surface area contributed by atoms with Gasteiger partial charge in [-0.05, 0) is 42.0 Å². The maximum Gasteiger partial charge on any atom is 0.432 e. The van der Waals surface area contributed by atoms with Crippen molar-refractivity contribution < 1.29 is 19.2 Å². The fraction of sp³-hybridized carbons (Fsp3) is 0. The van der Waals surface area contributed by atoms with Crippen LogP contribution in [-0.4, -0.2) is 17.7 Å². The first-order valence-electron chi connectivity index (χ1n) is 5.04. The molecule has 3 nitrogen and oxygen atoms in total. The van der Waals surface area contributed by atoms with Gasteiger partial charge in [-0.3, -0.25) is 0 Å². The van der Waals surface area contributed by atoms with Crippen molar-refractivity contribution in [3.63, 3.8) is 0 Å². The van der Waals surface area contributed by atoms with Gasteiger partial charge in [0.1, 0.15) is 17.3 Å². The summed E-state index contributed by atoms with van der Waals surface area (Å²) >= 11 is 0. The Morgan fingerprint density at radius 1 is 1.00 bits per heavy atom. The molecule has 0 radical (unpaired) electrons. The van der Waals surface area contributed by atoms with E-state index in [0.29, 0.717) is 5.75 Å². The van der Waals surface area contributed by atoms with Crippen molar-refractivity contribution in [1.82, 2.24) is 0 Å². The van der Waals surface area contributed by atoms with Gasteiger partial charge in [0.05, 0.1) is 0 Å². The standard InChI is InChI=1S/C12H7FO.BH3O2/c13-9-2-4-10(5-3-9)14-12-6-1-8-7-11(8)12;2-1-3/h1-7H;1-3H. The highest BCUT2D eigenvalue weighted by atomic mass is 19.1. The largest absolute Gasteiger partial charge is 0.457 e. The first-order valence-corrected chi connectivity index (χ1v) is 5.04. The average Bonchev–Trinajstić information content (AvgIpc) is 3.00. The zero-order valence-electron chi connectivity index (χ0n) is 8.93. The topological polar surface area (TPSA) is 49.7 Å². The van der Waals surface area contributed by atoms with E-state index in [9.17, 15) is 4.39 Å². The van der Waals surface area contributed by atoms with Crippen LogP contribution in [0.3, 0.4) is 0 Å². The minimum Gasteiger partial charge on any atom is -0.457 e. The summed E-state index contributed by atoms with van der Waals surface area (Å²) in [6.07, 6.45) is 0. The number of benzene rings is 2. The normalized spacial score (nSPS) is 10.1. The van der Waals surface area contributed by atoms with Crippen LogP contribution in [0.2, 0.25) is 0 Å². The molecule has 0 spiro atoms. The molecule has 1 aromatic carbocycles. The van der Waals surface area contributed by atoms with E-state index >= 15 is 0 Å². The number of ether oxygens (including phenoxy) is 1. The van der Waals surface area contributed by atoms with E-state index in [1.807, 2.05) is 12.1 Å². The minimum atomic E-state index is -0.750. The summed E-state index contributed by atoms with van der Waals surface area (Å²) in [4.78, 5) is 0. The Morgan fingerprint density at radius 3 is 2.12 bits per heavy atom. The van der Waals surface area contributed by atoms with Gasteiger partial charge in [0.25, 0.3) is 0 Å². The van der Waals surface area contributed by atoms with Crippen LogP contribution >= 0.6 is 0 Å². The highest BCUT2D eigenvalue weighted by Crippen LogP contribution is 2.45. The highest BCUT2D eigenvalue weighted by Gasteiger charge is 2.18. The lowest BCUT2D eigenvalue weighted by Gasteiger charge is -2.02. The first kappa shape index (κ1) is 11.6. The zero-order valence-corrected chi connectivity index (χ0v) is 8.93. The lowest BCUT2D eigenvalue weighted by Crippen LogP contribution is -1.81. The second-order valence-corrected chi connectivity index (χ2v) is 3.41. The molecule has 0 saturated carbocycles. The molecule has 0 amide bonds. The number of hydrogen-bond donors (Lipinski definition) is 2. The fourth-order valence-electron chi connectivity index (χ4n) is 1.44. The number of rotatable bonds is 2. The molecular formula is C12H10BFO3. The number of hydrogen-bond acceptors (Lipinski definition) is 3. The van der Waals surface area contributed by atoms with Crippen molar-refractivity contribution in [1.29, 1.82) is 0 Å². The van der Waals surface area contributed by atoms with Crippen molar-refractivity contribution >= 4 is 7.69 Å². The molecule has 2 N–H and O–H groups in total. The van der Waals surface area contributed by atoms with Crippen LogP contribution in [0, 0.1) is 5.82 Å². The van der Waals surface area contributed by atoms with E-state index in [0.717, 1.165) is 11.3 Å². The number of halogens is 1. The molecule has 0 aliphatic heterocycles. The SMILES string of the molecule is Fc1ccc(Oc2ccc3cc2-3)cc1.OBO. The van der Waals surface area contributed by atoms with Gasteiger partial charge >= 0.3 is 7.69 Å². The molecule has 3 rings (SSSR count). The maximum absolute atomic E-state index is 12.6. The summed E-state index contributed by atoms with van der Waals surface area (Å²) < 4.78 is 18.2. The molecule has 5 heteroatoms. The van der Waals surface area contributed by atoms with Crippen LogP contribution in [0.1, 0.15) is 0 Å². The van der Waals surface area contributed by atoms with Crippen LogP contribution in [0.25, 0.3) is 11.1 Å². The predicted octanol–water partition coefficient (Wildman–Crippen LogP) is 1.84. The summed E-state index contributed by atoms with van der Waals surface area (Å²) in [7, 11) is -0.750. The van der Waals surface area contributed by atoms with Crippen LogP contribution < -0.4 is 4.74 Å². The summed E-state index contributed by atoms with van der Waals surface area (Å²) in [5, 5.41) is 14.2. The van der Waals surface area contributed by atoms with Gasteiger partial charge in [-0.2, -0.15) is 0 Å². The second kappa shape index (κ2) is 4.99. The summed E-state index contributed by atoms with van der Waals surface area (Å²) in [5.41, 5.74) is 2.40. The van der Waals surface area contributed by atoms with Gasteiger partial charge in [-0.1, -0.05) is 6.07 Å². The van der Waals surface area contributed by atoms with E-state index in [4.69, 9.17) is 14.8 Å². The van der Waals surface area contributed by atoms with Crippen molar-refractivity contribution in [3.8, 4) is 22.6 Å². The third-order valence-corrected chi connectivity index (χ3v) is 2.25. The lowest BCUT2D eigenvalue weighted by atomic mass is 10.3. The molecule has 0 unspecified atom stereocenters. The van der Waals surface area contributed by atoms with E-state index in [1.165, 1.54) is 17.7 Å². The molecule has 2 aliphatic carbocycles. The molecule has 0 bridgehead atoms. The molecule has 0 aromatic heterocycles. The molecule has 0 fully saturated rings. The maximum atomic E-state index is 12.6. The Hall–Kier alpha value is -1.85. The van der Waals surface area contributed by atoms with Crippen LogP contribution in [0.5, 0.6) is 11.5 Å². The summed E-state index contributed by atoms with van der Waals surface area (Å²) in [6.45, 7) is 0. The second-order valence-electron chi connectivity index (χ2n) is 3.41. The Labute approximate surface area is 98.4 Å². The van der Waals surface area contributed by atoms with E-state index in [-0.39, 0.29) is 5.82 Å². The molecule has 86 valence electrons. The summed E-state index contributed by atoms with van der Waals surface area (Å²) in [5.74, 6) is 1.27. The first-order chi connectivity index (χ1) is 8.24. The molecule has 0 saturated heterocycles. The quantitative estimate of drug-likeness (QED) is 0.662. The van der Waals surface area contributed by atoms with Crippen molar-refractivity contribution in [3.05, 3.63) is 48.3 Å². The van der Waals surface area contributed by atoms with E-state index in [1.54, 1.807) is 12.1 Å². The van der Waals surface area contributed by atoms with Crippen LogP contribution in [-0.2, 0) is 0 Å². The molecule has 0 heterocycles. The Balaban J connectivity index is 0.000000329. The van der Waals surface area contributed by atoms with Gasteiger partial charge in [0.2, 0.25) is 0 Å². The molecular weight excluding hydrogens is 222 g/mol. The van der Waals surface area contributed by atoms with Gasteiger partial charge in [0.15, 0.2) is 0 Å². The Bertz CT molecular complexity index is 514. The third kappa shape index (κ3) is 2.84. The molecule has 0 atom stereocenters. The molecule has 1 aromatic rings. The van der Waals surface area contributed by atoms with E-state index in [2.05, 4.69) is 6.07 Å². The van der Waals surface area contributed by atoms with Crippen molar-refractivity contribution in [2.24, 2.45) is 0 Å². The Morgan fingerprint density at radius 2 is 1.65 bits per heavy atom. The van der Waals surface area contributed by atoms with Crippen molar-refractivity contribution in [2.45, 2.75) is 0 Å². The van der Waals surface area contributed by atoms with Gasteiger partial charge < -0.3 is 14.8 Å². The van der Waals surface area contributed by atoms with E-state index < -0.39 is 7.69 Å². The van der Waals surface area contributed by atoms with Crippen LogP contribution in [0.4, 0.5) is 4.39 Å². The van der Waals surface area contributed by atoms with Gasteiger partial charge in [-0.15, -0.1) is 0 Å². The molecule has 2 aliphatic rings. The Kier molecular flexibility index (Phi) is 3.42. The number of fused-ring (bicyclic) bond motifs is 1. The predicted molar refractivity (Wildman–Crippen MR) is 63.5 cm³/mol. The zero-order chi connectivity index (χ0) is 12.3. The van der Waals surface area contributed by atoms with Crippen LogP contribution in [0.15, 0.2) is 42.5 Å². The van der Waals surface area contributed by atoms with Crippen molar-refractivity contribution in [2.75, 3.05) is 0 Å². The highest BCUT2D eigenvalue weighted by molar-refractivity contribution is 6.13.